The van der Waals surface area contributed by atoms with Gasteiger partial charge in [0.1, 0.15) is 0 Å². The number of nitrogens with one attached hydrogen (secondary N) is 2. The van der Waals surface area contributed by atoms with Crippen molar-refractivity contribution >= 4 is 5.91 Å². The first-order valence-corrected chi connectivity index (χ1v) is 3.97. The van der Waals surface area contributed by atoms with Crippen molar-refractivity contribution in [2.75, 3.05) is 6.54 Å². The Morgan fingerprint density at radius 2 is 2.54 bits per heavy atom. The summed E-state index contributed by atoms with van der Waals surface area (Å²) in [6, 6.07) is 0.0746. The average Bonchev–Trinajstić information content (AvgIpc) is 2.55. The molecule has 0 aliphatic carbocycles. The van der Waals surface area contributed by atoms with Crippen LogP contribution in [0.3, 0.4) is 0 Å². The number of aromatic amines is 1. The molecule has 7 nitrogen and oxygen atoms in total. The van der Waals surface area contributed by atoms with Crippen LogP contribution >= 0.6 is 0 Å². The lowest BCUT2D eigenvalue weighted by Crippen LogP contribution is -2.29. The predicted molar refractivity (Wildman–Crippen MR) is 44.8 cm³/mol. The summed E-state index contributed by atoms with van der Waals surface area (Å²) in [4.78, 5) is 11.2. The van der Waals surface area contributed by atoms with Gasteiger partial charge in [-0.1, -0.05) is 0 Å². The van der Waals surface area contributed by atoms with Crippen molar-refractivity contribution in [2.45, 2.75) is 19.4 Å². The molecule has 1 aromatic rings. The van der Waals surface area contributed by atoms with Crippen LogP contribution in [0.1, 0.15) is 24.0 Å². The van der Waals surface area contributed by atoms with Gasteiger partial charge in [-0.15, -0.1) is 10.2 Å². The van der Waals surface area contributed by atoms with Gasteiger partial charge in [-0.25, -0.2) is 0 Å². The van der Waals surface area contributed by atoms with Crippen molar-refractivity contribution in [1.29, 1.82) is 0 Å². The van der Waals surface area contributed by atoms with Crippen LogP contribution in [0, 0.1) is 0 Å². The molecule has 0 spiro atoms. The molecule has 1 unspecified atom stereocenters. The van der Waals surface area contributed by atoms with E-state index in [1.54, 1.807) is 0 Å². The molecule has 0 saturated carbocycles. The number of amides is 1. The summed E-state index contributed by atoms with van der Waals surface area (Å²) in [6.45, 7) is 2.39. The second-order valence-electron chi connectivity index (χ2n) is 2.76. The fourth-order valence-electron chi connectivity index (χ4n) is 0.750. The quantitative estimate of drug-likeness (QED) is 0.537. The van der Waals surface area contributed by atoms with Gasteiger partial charge in [-0.05, 0) is 18.6 Å². The Labute approximate surface area is 75.1 Å². The summed E-state index contributed by atoms with van der Waals surface area (Å²) in [5.41, 5.74) is 5.50. The van der Waals surface area contributed by atoms with Gasteiger partial charge in [0.15, 0.2) is 0 Å². The first-order chi connectivity index (χ1) is 6.20. The maximum absolute atomic E-state index is 11.2. The van der Waals surface area contributed by atoms with Crippen molar-refractivity contribution in [3.63, 3.8) is 0 Å². The smallest absolute Gasteiger partial charge is 0.292 e. The minimum atomic E-state index is -0.339. The number of tetrazole rings is 1. The molecule has 0 saturated heterocycles. The van der Waals surface area contributed by atoms with Crippen LogP contribution in [-0.2, 0) is 0 Å². The van der Waals surface area contributed by atoms with E-state index in [1.807, 2.05) is 6.92 Å². The first-order valence-electron chi connectivity index (χ1n) is 3.97. The Morgan fingerprint density at radius 3 is 3.08 bits per heavy atom. The molecule has 4 N–H and O–H groups in total. The largest absolute Gasteiger partial charge is 0.349 e. The zero-order chi connectivity index (χ0) is 9.68. The van der Waals surface area contributed by atoms with Crippen LogP contribution in [0.15, 0.2) is 0 Å². The minimum Gasteiger partial charge on any atom is -0.349 e. The number of hydrogen-bond donors (Lipinski definition) is 3. The van der Waals surface area contributed by atoms with Gasteiger partial charge < -0.3 is 11.1 Å². The highest BCUT2D eigenvalue weighted by molar-refractivity contribution is 5.89. The van der Waals surface area contributed by atoms with E-state index in [0.717, 1.165) is 6.42 Å². The van der Waals surface area contributed by atoms with Crippen molar-refractivity contribution < 1.29 is 4.79 Å². The molecule has 0 aliphatic heterocycles. The van der Waals surface area contributed by atoms with Gasteiger partial charge in [-0.3, -0.25) is 4.79 Å². The Bertz CT molecular complexity index is 256. The molecule has 1 rings (SSSR count). The lowest BCUT2D eigenvalue weighted by molar-refractivity contribution is 0.0942. The van der Waals surface area contributed by atoms with E-state index in [0.29, 0.717) is 6.54 Å². The zero-order valence-corrected chi connectivity index (χ0v) is 7.32. The van der Waals surface area contributed by atoms with E-state index in [-0.39, 0.29) is 17.8 Å². The Kier molecular flexibility index (Phi) is 3.32. The average molecular weight is 184 g/mol. The third-order valence-electron chi connectivity index (χ3n) is 1.43. The number of rotatable bonds is 4. The molecule has 13 heavy (non-hydrogen) atoms. The fraction of sp³-hybridized carbons (Fsp3) is 0.667. The van der Waals surface area contributed by atoms with Crippen molar-refractivity contribution in [1.82, 2.24) is 25.9 Å². The topological polar surface area (TPSA) is 110 Å². The molecule has 1 heterocycles. The number of nitrogens with zero attached hydrogens (tertiary/aromatic N) is 3. The van der Waals surface area contributed by atoms with Crippen LogP contribution in [-0.4, -0.2) is 39.1 Å². The molecular weight excluding hydrogens is 172 g/mol. The highest BCUT2D eigenvalue weighted by atomic mass is 16.2. The number of nitrogens with two attached hydrogens (primary N) is 1. The Balaban J connectivity index is 2.27. The summed E-state index contributed by atoms with van der Waals surface area (Å²) >= 11 is 0. The van der Waals surface area contributed by atoms with E-state index in [4.69, 9.17) is 5.73 Å². The van der Waals surface area contributed by atoms with Crippen LogP contribution in [0.5, 0.6) is 0 Å². The lowest BCUT2D eigenvalue weighted by Gasteiger charge is -2.04. The van der Waals surface area contributed by atoms with Gasteiger partial charge in [0.2, 0.25) is 0 Å². The third kappa shape index (κ3) is 3.16. The van der Waals surface area contributed by atoms with Gasteiger partial charge in [0.05, 0.1) is 0 Å². The fourth-order valence-corrected chi connectivity index (χ4v) is 0.750. The molecule has 1 amide bonds. The molecule has 72 valence electrons. The van der Waals surface area contributed by atoms with Gasteiger partial charge in [-0.2, -0.15) is 5.21 Å². The van der Waals surface area contributed by atoms with E-state index in [2.05, 4.69) is 25.9 Å². The summed E-state index contributed by atoms with van der Waals surface area (Å²) in [6.07, 6.45) is 0.726. The molecule has 0 aromatic carbocycles. The number of H-pyrrole nitrogens is 1. The molecule has 1 aromatic heterocycles. The highest BCUT2D eigenvalue weighted by Gasteiger charge is 2.09. The normalized spacial score (nSPS) is 12.5. The SMILES string of the molecule is CC(N)CCNC(=O)c1nn[nH]n1. The van der Waals surface area contributed by atoms with Gasteiger partial charge in [0, 0.05) is 12.6 Å². The highest BCUT2D eigenvalue weighted by Crippen LogP contribution is 1.86. The van der Waals surface area contributed by atoms with Crippen LogP contribution in [0.25, 0.3) is 0 Å². The summed E-state index contributed by atoms with van der Waals surface area (Å²) in [5, 5.41) is 15.1. The third-order valence-corrected chi connectivity index (χ3v) is 1.43. The van der Waals surface area contributed by atoms with Crippen LogP contribution in [0.4, 0.5) is 0 Å². The Morgan fingerprint density at radius 1 is 1.77 bits per heavy atom. The molecule has 7 heteroatoms. The lowest BCUT2D eigenvalue weighted by atomic mass is 10.2. The molecule has 0 aliphatic rings. The molecular formula is C6H12N6O. The predicted octanol–water partition coefficient (Wildman–Crippen LogP) is -1.33. The molecule has 0 radical (unpaired) electrons. The number of aromatic nitrogens is 4. The molecule has 0 fully saturated rings. The van der Waals surface area contributed by atoms with E-state index in [1.165, 1.54) is 0 Å². The van der Waals surface area contributed by atoms with E-state index >= 15 is 0 Å². The first kappa shape index (κ1) is 9.59. The van der Waals surface area contributed by atoms with Crippen molar-refractivity contribution in [3.05, 3.63) is 5.82 Å². The molecule has 1 atom stereocenters. The number of carbonyl (C=O) groups excluding carboxylic acids is 1. The second kappa shape index (κ2) is 4.51. The van der Waals surface area contributed by atoms with Crippen LogP contribution < -0.4 is 11.1 Å². The maximum Gasteiger partial charge on any atom is 0.292 e. The van der Waals surface area contributed by atoms with Gasteiger partial charge >= 0.3 is 0 Å². The van der Waals surface area contributed by atoms with Crippen LogP contribution in [0.2, 0.25) is 0 Å². The van der Waals surface area contributed by atoms with Crippen molar-refractivity contribution in [2.24, 2.45) is 5.73 Å². The summed E-state index contributed by atoms with van der Waals surface area (Å²) < 4.78 is 0. The monoisotopic (exact) mass is 184 g/mol. The van der Waals surface area contributed by atoms with Gasteiger partial charge in [0.25, 0.3) is 11.7 Å². The second-order valence-corrected chi connectivity index (χ2v) is 2.76. The number of hydrogen-bond acceptors (Lipinski definition) is 5. The molecule has 0 bridgehead atoms. The standard InChI is InChI=1S/C6H12N6O/c1-4(7)2-3-8-6(13)5-9-11-12-10-5/h4H,2-3,7H2,1H3,(H,8,13)(H,9,10,11,12). The Hall–Kier alpha value is -1.50. The van der Waals surface area contributed by atoms with E-state index < -0.39 is 0 Å². The minimum absolute atomic E-state index is 0.0460. The maximum atomic E-state index is 11.2. The van der Waals surface area contributed by atoms with E-state index in [9.17, 15) is 4.79 Å². The zero-order valence-electron chi connectivity index (χ0n) is 7.32. The number of carbonyl (C=O) groups is 1. The van der Waals surface area contributed by atoms with Crippen molar-refractivity contribution in [3.8, 4) is 0 Å². The summed E-state index contributed by atoms with van der Waals surface area (Å²) in [5.74, 6) is -0.293. The summed E-state index contributed by atoms with van der Waals surface area (Å²) in [7, 11) is 0.